The van der Waals surface area contributed by atoms with Gasteiger partial charge in [0.2, 0.25) is 0 Å². The van der Waals surface area contributed by atoms with E-state index in [9.17, 15) is 27.9 Å². The van der Waals surface area contributed by atoms with Crippen LogP contribution in [0.5, 0.6) is 0 Å². The lowest BCUT2D eigenvalue weighted by molar-refractivity contribution is -0.266. The van der Waals surface area contributed by atoms with E-state index in [0.717, 1.165) is 5.57 Å². The molecule has 0 saturated heterocycles. The zero-order chi connectivity index (χ0) is 19.7. The molecule has 0 aliphatic rings. The van der Waals surface area contributed by atoms with Crippen LogP contribution in [-0.2, 0) is 19.1 Å². The largest absolute Gasteiger partial charge is 0.463 e. The Labute approximate surface area is 145 Å². The Bertz CT molecular complexity index is 499. The molecule has 1 N–H and O–H groups in total. The molecule has 0 radical (unpaired) electrons. The third-order valence-corrected chi connectivity index (χ3v) is 3.39. The van der Waals surface area contributed by atoms with Gasteiger partial charge in [0.1, 0.15) is 0 Å². The highest BCUT2D eigenvalue weighted by Crippen LogP contribution is 2.38. The minimum absolute atomic E-state index is 0.109. The molecule has 0 rings (SSSR count). The van der Waals surface area contributed by atoms with Crippen molar-refractivity contribution in [2.75, 3.05) is 13.2 Å². The Morgan fingerprint density at radius 1 is 1.04 bits per heavy atom. The number of carbonyl (C=O) groups is 2. The van der Waals surface area contributed by atoms with Crippen LogP contribution >= 0.6 is 0 Å². The quantitative estimate of drug-likeness (QED) is 0.262. The fraction of sp³-hybridized carbons (Fsp3) is 0.647. The molecular weight excluding hydrogens is 341 g/mol. The Morgan fingerprint density at radius 2 is 1.60 bits per heavy atom. The van der Waals surface area contributed by atoms with Gasteiger partial charge < -0.3 is 14.6 Å². The van der Waals surface area contributed by atoms with Gasteiger partial charge in [-0.25, -0.2) is 9.59 Å². The molecule has 144 valence electrons. The predicted octanol–water partition coefficient (Wildman–Crippen LogP) is 3.47. The van der Waals surface area contributed by atoms with Crippen LogP contribution in [0.2, 0.25) is 0 Å². The van der Waals surface area contributed by atoms with E-state index in [0.29, 0.717) is 6.42 Å². The Hall–Kier alpha value is -1.83. The lowest BCUT2D eigenvalue weighted by Crippen LogP contribution is -2.45. The van der Waals surface area contributed by atoms with E-state index in [-0.39, 0.29) is 25.0 Å². The maximum atomic E-state index is 13.1. The van der Waals surface area contributed by atoms with E-state index in [1.54, 1.807) is 6.92 Å². The first kappa shape index (κ1) is 23.2. The molecule has 0 fully saturated rings. The molecule has 0 spiro atoms. The van der Waals surface area contributed by atoms with Gasteiger partial charge in [-0.15, -0.1) is 6.58 Å². The number of carbonyl (C=O) groups excluding carboxylic acids is 2. The molecule has 1 unspecified atom stereocenters. The van der Waals surface area contributed by atoms with Crippen molar-refractivity contribution in [1.29, 1.82) is 0 Å². The number of allylic oxidation sites excluding steroid dienone is 1. The SMILES string of the molecule is C=C(C)CCCC(O)(CCCOC(=O)COC(=O)C(=C)C)C(F)(F)F. The summed E-state index contributed by atoms with van der Waals surface area (Å²) < 4.78 is 48.4. The summed E-state index contributed by atoms with van der Waals surface area (Å²) >= 11 is 0. The molecular formula is C17H25F3O5. The number of hydrogen-bond acceptors (Lipinski definition) is 5. The van der Waals surface area contributed by atoms with Gasteiger partial charge in [0, 0.05) is 5.57 Å². The summed E-state index contributed by atoms with van der Waals surface area (Å²) in [5, 5.41) is 9.89. The van der Waals surface area contributed by atoms with Gasteiger partial charge in [-0.2, -0.15) is 13.2 Å². The van der Waals surface area contributed by atoms with Crippen LogP contribution < -0.4 is 0 Å². The van der Waals surface area contributed by atoms with Crippen LogP contribution in [0.4, 0.5) is 13.2 Å². The van der Waals surface area contributed by atoms with Crippen molar-refractivity contribution in [3.05, 3.63) is 24.3 Å². The maximum Gasteiger partial charge on any atom is 0.417 e. The summed E-state index contributed by atoms with van der Waals surface area (Å²) in [4.78, 5) is 22.4. The molecule has 0 heterocycles. The minimum Gasteiger partial charge on any atom is -0.463 e. The van der Waals surface area contributed by atoms with Crippen LogP contribution in [0.3, 0.4) is 0 Å². The zero-order valence-corrected chi connectivity index (χ0v) is 14.6. The lowest BCUT2D eigenvalue weighted by atomic mass is 9.90. The van der Waals surface area contributed by atoms with Crippen molar-refractivity contribution in [3.8, 4) is 0 Å². The first-order valence-corrected chi connectivity index (χ1v) is 7.81. The van der Waals surface area contributed by atoms with E-state index < -0.39 is 43.2 Å². The molecule has 0 saturated carbocycles. The molecule has 5 nitrogen and oxygen atoms in total. The highest BCUT2D eigenvalue weighted by atomic mass is 19.4. The van der Waals surface area contributed by atoms with E-state index in [4.69, 9.17) is 0 Å². The van der Waals surface area contributed by atoms with Crippen molar-refractivity contribution < 1.29 is 37.3 Å². The second-order valence-electron chi connectivity index (χ2n) is 6.02. The van der Waals surface area contributed by atoms with Crippen molar-refractivity contribution in [1.82, 2.24) is 0 Å². The first-order valence-electron chi connectivity index (χ1n) is 7.81. The van der Waals surface area contributed by atoms with E-state index in [2.05, 4.69) is 22.6 Å². The van der Waals surface area contributed by atoms with Crippen molar-refractivity contribution in [3.63, 3.8) is 0 Å². The van der Waals surface area contributed by atoms with Crippen LogP contribution in [0, 0.1) is 0 Å². The van der Waals surface area contributed by atoms with E-state index in [1.807, 2.05) is 0 Å². The molecule has 0 aliphatic heterocycles. The van der Waals surface area contributed by atoms with Crippen LogP contribution in [0.1, 0.15) is 46.0 Å². The van der Waals surface area contributed by atoms with Gasteiger partial charge in [-0.3, -0.25) is 0 Å². The number of aliphatic hydroxyl groups is 1. The summed E-state index contributed by atoms with van der Waals surface area (Å²) in [5.41, 5.74) is -1.98. The second kappa shape index (κ2) is 10.2. The Balaban J connectivity index is 4.30. The molecule has 0 amide bonds. The molecule has 0 bridgehead atoms. The number of hydrogen-bond donors (Lipinski definition) is 1. The minimum atomic E-state index is -4.77. The Morgan fingerprint density at radius 3 is 2.08 bits per heavy atom. The number of halogens is 3. The smallest absolute Gasteiger partial charge is 0.417 e. The summed E-state index contributed by atoms with van der Waals surface area (Å²) in [6.07, 6.45) is -5.45. The normalized spacial score (nSPS) is 13.7. The molecule has 0 aliphatic carbocycles. The zero-order valence-electron chi connectivity index (χ0n) is 14.6. The monoisotopic (exact) mass is 366 g/mol. The number of rotatable bonds is 11. The van der Waals surface area contributed by atoms with E-state index >= 15 is 0 Å². The molecule has 25 heavy (non-hydrogen) atoms. The first-order chi connectivity index (χ1) is 11.4. The number of ether oxygens (including phenoxy) is 2. The number of alkyl halides is 3. The number of esters is 2. The standard InChI is InChI=1S/C17H25F3O5/c1-12(2)7-5-8-16(23,17(18,19)20)9-6-10-24-14(21)11-25-15(22)13(3)4/h23H,1,3,5-11H2,2,4H3. The third-order valence-electron chi connectivity index (χ3n) is 3.39. The van der Waals surface area contributed by atoms with Gasteiger partial charge in [-0.05, 0) is 46.0 Å². The summed E-state index contributed by atoms with van der Waals surface area (Å²) in [5.74, 6) is -1.65. The Kier molecular flexibility index (Phi) is 9.48. The topological polar surface area (TPSA) is 72.8 Å². The van der Waals surface area contributed by atoms with Crippen LogP contribution in [-0.4, -0.2) is 42.0 Å². The lowest BCUT2D eigenvalue weighted by Gasteiger charge is -2.30. The van der Waals surface area contributed by atoms with Crippen LogP contribution in [0.15, 0.2) is 24.3 Å². The molecule has 1 atom stereocenters. The fourth-order valence-corrected chi connectivity index (χ4v) is 1.93. The van der Waals surface area contributed by atoms with Crippen molar-refractivity contribution in [2.45, 2.75) is 57.7 Å². The fourth-order valence-electron chi connectivity index (χ4n) is 1.93. The highest BCUT2D eigenvalue weighted by Gasteiger charge is 2.52. The second-order valence-corrected chi connectivity index (χ2v) is 6.02. The summed E-state index contributed by atoms with van der Waals surface area (Å²) in [6, 6.07) is 0. The molecule has 0 aromatic heterocycles. The van der Waals surface area contributed by atoms with Crippen molar-refractivity contribution >= 4 is 11.9 Å². The van der Waals surface area contributed by atoms with E-state index in [1.165, 1.54) is 6.92 Å². The van der Waals surface area contributed by atoms with Gasteiger partial charge in [0.05, 0.1) is 6.61 Å². The molecule has 8 heteroatoms. The van der Waals surface area contributed by atoms with Gasteiger partial charge >= 0.3 is 18.1 Å². The molecule has 0 aromatic carbocycles. The van der Waals surface area contributed by atoms with Crippen LogP contribution in [0.25, 0.3) is 0 Å². The third kappa shape index (κ3) is 9.28. The molecule has 0 aromatic rings. The average molecular weight is 366 g/mol. The maximum absolute atomic E-state index is 13.1. The highest BCUT2D eigenvalue weighted by molar-refractivity contribution is 5.88. The van der Waals surface area contributed by atoms with Gasteiger partial charge in [0.15, 0.2) is 12.2 Å². The van der Waals surface area contributed by atoms with Crippen molar-refractivity contribution in [2.24, 2.45) is 0 Å². The van der Waals surface area contributed by atoms with Gasteiger partial charge in [-0.1, -0.05) is 12.2 Å². The predicted molar refractivity (Wildman–Crippen MR) is 85.6 cm³/mol. The summed E-state index contributed by atoms with van der Waals surface area (Å²) in [7, 11) is 0. The van der Waals surface area contributed by atoms with Gasteiger partial charge in [0.25, 0.3) is 0 Å². The average Bonchev–Trinajstić information content (AvgIpc) is 2.47. The summed E-state index contributed by atoms with van der Waals surface area (Å²) in [6.45, 7) is 9.08.